The summed E-state index contributed by atoms with van der Waals surface area (Å²) < 4.78 is 20.8. The van der Waals surface area contributed by atoms with Crippen molar-refractivity contribution in [3.8, 4) is 0 Å². The molecule has 0 aromatic heterocycles. The van der Waals surface area contributed by atoms with Gasteiger partial charge in [-0.15, -0.1) is 0 Å². The van der Waals surface area contributed by atoms with E-state index in [4.69, 9.17) is 13.6 Å². The van der Waals surface area contributed by atoms with Crippen molar-refractivity contribution in [2.45, 2.75) is 162 Å². The Morgan fingerprint density at radius 1 is 0.884 bits per heavy atom. The van der Waals surface area contributed by atoms with Gasteiger partial charge in [0.25, 0.3) is 0 Å². The van der Waals surface area contributed by atoms with Crippen LogP contribution < -0.4 is 0 Å². The molecular formula is C37H66O4Si2. The van der Waals surface area contributed by atoms with E-state index in [1.54, 1.807) is 11.1 Å². The van der Waals surface area contributed by atoms with Crippen LogP contribution in [0, 0.1) is 22.7 Å². The highest BCUT2D eigenvalue weighted by Crippen LogP contribution is 2.64. The fourth-order valence-electron chi connectivity index (χ4n) is 7.79. The van der Waals surface area contributed by atoms with Crippen LogP contribution in [0.4, 0.5) is 0 Å². The summed E-state index contributed by atoms with van der Waals surface area (Å²) in [4.78, 5) is 0. The average Bonchev–Trinajstić information content (AvgIpc) is 3.16. The summed E-state index contributed by atoms with van der Waals surface area (Å²) in [6.07, 6.45) is 14.1. The van der Waals surface area contributed by atoms with Crippen molar-refractivity contribution in [1.82, 2.24) is 0 Å². The van der Waals surface area contributed by atoms with Gasteiger partial charge in [-0.3, -0.25) is 0 Å². The average molecular weight is 631 g/mol. The highest BCUT2D eigenvalue weighted by Gasteiger charge is 2.59. The molecule has 246 valence electrons. The summed E-state index contributed by atoms with van der Waals surface area (Å²) in [7, 11) is -3.93. The third kappa shape index (κ3) is 6.81. The number of ether oxygens (including phenoxy) is 1. The first-order valence-electron chi connectivity index (χ1n) is 17.2. The van der Waals surface area contributed by atoms with E-state index < -0.39 is 22.2 Å². The second kappa shape index (κ2) is 11.6. The van der Waals surface area contributed by atoms with Crippen molar-refractivity contribution in [2.24, 2.45) is 22.7 Å². The fraction of sp³-hybridized carbons (Fsp3) is 0.838. The summed E-state index contributed by atoms with van der Waals surface area (Å²) in [6.45, 7) is 33.9. The van der Waals surface area contributed by atoms with Crippen molar-refractivity contribution in [3.63, 3.8) is 0 Å². The van der Waals surface area contributed by atoms with Crippen LogP contribution in [-0.2, 0) is 13.6 Å². The van der Waals surface area contributed by atoms with Gasteiger partial charge in [0.2, 0.25) is 0 Å². The van der Waals surface area contributed by atoms with Crippen LogP contribution in [0.3, 0.4) is 0 Å². The minimum absolute atomic E-state index is 0.000185. The van der Waals surface area contributed by atoms with Gasteiger partial charge in [0, 0.05) is 12.0 Å². The Bertz CT molecular complexity index is 1130. The van der Waals surface area contributed by atoms with Crippen molar-refractivity contribution < 1.29 is 18.7 Å². The van der Waals surface area contributed by atoms with Gasteiger partial charge < -0.3 is 18.7 Å². The lowest BCUT2D eigenvalue weighted by Gasteiger charge is -2.59. The molecule has 0 heterocycles. The maximum absolute atomic E-state index is 10.1. The molecule has 0 spiro atoms. The molecule has 2 fully saturated rings. The van der Waals surface area contributed by atoms with Crippen LogP contribution in [0.1, 0.15) is 108 Å². The topological polar surface area (TPSA) is 47.9 Å². The van der Waals surface area contributed by atoms with E-state index in [1.165, 1.54) is 18.4 Å². The van der Waals surface area contributed by atoms with Gasteiger partial charge in [-0.2, -0.15) is 0 Å². The van der Waals surface area contributed by atoms with Crippen molar-refractivity contribution in [3.05, 3.63) is 34.9 Å². The molecular weight excluding hydrogens is 565 g/mol. The van der Waals surface area contributed by atoms with Crippen LogP contribution in [-0.4, -0.2) is 52.8 Å². The second-order valence-corrected chi connectivity index (χ2v) is 28.1. The highest BCUT2D eigenvalue weighted by atomic mass is 28.4. The van der Waals surface area contributed by atoms with Gasteiger partial charge >= 0.3 is 0 Å². The maximum Gasteiger partial charge on any atom is 0.192 e. The lowest BCUT2D eigenvalue weighted by atomic mass is 9.50. The first kappa shape index (κ1) is 35.3. The number of hydrogen-bond acceptors (Lipinski definition) is 4. The minimum atomic E-state index is -2.02. The Kier molecular flexibility index (Phi) is 9.56. The number of aliphatic hydroxyl groups is 1. The van der Waals surface area contributed by atoms with E-state index >= 15 is 0 Å². The molecule has 0 bridgehead atoms. The first-order valence-corrected chi connectivity index (χ1v) is 23.0. The summed E-state index contributed by atoms with van der Waals surface area (Å²) in [5, 5.41) is 10.5. The van der Waals surface area contributed by atoms with E-state index in [9.17, 15) is 5.11 Å². The normalized spacial score (nSPS) is 33.7. The van der Waals surface area contributed by atoms with Gasteiger partial charge in [-0.25, -0.2) is 0 Å². The number of hydrogen-bond donors (Lipinski definition) is 1. The smallest absolute Gasteiger partial charge is 0.192 e. The minimum Gasteiger partial charge on any atom is -0.414 e. The lowest BCUT2D eigenvalue weighted by Crippen LogP contribution is -2.58. The van der Waals surface area contributed by atoms with E-state index in [0.29, 0.717) is 31.5 Å². The zero-order valence-corrected chi connectivity index (χ0v) is 32.4. The predicted octanol–water partition coefficient (Wildman–Crippen LogP) is 9.97. The van der Waals surface area contributed by atoms with Crippen molar-refractivity contribution >= 4 is 16.6 Å². The van der Waals surface area contributed by atoms with E-state index in [2.05, 4.69) is 99.8 Å². The molecule has 6 atom stereocenters. The molecule has 0 aliphatic heterocycles. The van der Waals surface area contributed by atoms with Gasteiger partial charge in [0.05, 0.1) is 24.4 Å². The molecule has 0 saturated heterocycles. The van der Waals surface area contributed by atoms with Crippen LogP contribution in [0.25, 0.3) is 0 Å². The van der Waals surface area contributed by atoms with Gasteiger partial charge in [0.15, 0.2) is 16.6 Å². The summed E-state index contributed by atoms with van der Waals surface area (Å²) in [5.74, 6) is 1.04. The Hall–Kier alpha value is -0.506. The monoisotopic (exact) mass is 630 g/mol. The molecule has 0 amide bonds. The highest BCUT2D eigenvalue weighted by molar-refractivity contribution is 6.74. The molecule has 4 nitrogen and oxygen atoms in total. The number of rotatable bonds is 9. The predicted molar refractivity (Wildman–Crippen MR) is 186 cm³/mol. The molecule has 0 aromatic carbocycles. The molecule has 2 saturated carbocycles. The summed E-state index contributed by atoms with van der Waals surface area (Å²) in [5.41, 5.74) is 4.14. The van der Waals surface area contributed by atoms with Crippen molar-refractivity contribution in [1.29, 1.82) is 0 Å². The Morgan fingerprint density at radius 3 is 2.07 bits per heavy atom. The summed E-state index contributed by atoms with van der Waals surface area (Å²) in [6, 6.07) is 0. The maximum atomic E-state index is 10.1. The van der Waals surface area contributed by atoms with E-state index in [-0.39, 0.29) is 33.1 Å². The second-order valence-electron chi connectivity index (χ2n) is 18.6. The standard InChI is InChI=1S/C37H66O4Si2/c1-33(2,3)42(11,12)40-28-23-26-15-17-29-30-18-16-27(25-39-22-21-35(7,8)38)36(30,9)20-19-31(29)37(26,10)32(24-28)41-43(13,14)34(4,5)6/h15-17,28,30-32,38H,18-25H2,1-14H3/t28-,30+,31+,32+,36-,37+/m1/s1. The van der Waals surface area contributed by atoms with Gasteiger partial charge in [-0.1, -0.05) is 84.8 Å². The molecule has 0 radical (unpaired) electrons. The lowest BCUT2D eigenvalue weighted by molar-refractivity contribution is -0.0394. The largest absolute Gasteiger partial charge is 0.414 e. The molecule has 43 heavy (non-hydrogen) atoms. The Labute approximate surface area is 267 Å². The Morgan fingerprint density at radius 2 is 1.49 bits per heavy atom. The molecule has 1 N–H and O–H groups in total. The molecule has 4 aliphatic rings. The van der Waals surface area contributed by atoms with Crippen LogP contribution in [0.2, 0.25) is 36.3 Å². The Balaban J connectivity index is 1.63. The third-order valence-electron chi connectivity index (χ3n) is 13.0. The van der Waals surface area contributed by atoms with Crippen LogP contribution >= 0.6 is 0 Å². The zero-order chi connectivity index (χ0) is 32.4. The first-order chi connectivity index (χ1) is 19.4. The zero-order valence-electron chi connectivity index (χ0n) is 30.4. The van der Waals surface area contributed by atoms with Crippen LogP contribution in [0.5, 0.6) is 0 Å². The van der Waals surface area contributed by atoms with E-state index in [1.807, 2.05) is 13.8 Å². The van der Waals surface area contributed by atoms with E-state index in [0.717, 1.165) is 19.3 Å². The van der Waals surface area contributed by atoms with Gasteiger partial charge in [0.1, 0.15) is 0 Å². The molecule has 0 unspecified atom stereocenters. The third-order valence-corrected chi connectivity index (χ3v) is 22.0. The SMILES string of the molecule is CC(C)(O)CCOCC1=CC[C@H]2C3=CC=C4C[C@@H](O[Si](C)(C)C(C)(C)C)C[C@H](O[Si](C)(C)C(C)(C)C)[C@]4(C)[C@H]3CC[C@]12C. The quantitative estimate of drug-likeness (QED) is 0.156. The molecule has 4 aliphatic carbocycles. The summed E-state index contributed by atoms with van der Waals surface area (Å²) >= 11 is 0. The molecule has 4 rings (SSSR count). The molecule has 0 aromatic rings. The van der Waals surface area contributed by atoms with Crippen molar-refractivity contribution in [2.75, 3.05) is 13.2 Å². The van der Waals surface area contributed by atoms with Gasteiger partial charge in [-0.05, 0) is 111 Å². The van der Waals surface area contributed by atoms with Crippen LogP contribution in [0.15, 0.2) is 34.9 Å². The fourth-order valence-corrected chi connectivity index (χ4v) is 10.6. The molecule has 6 heteroatoms. The number of fused-ring (bicyclic) bond motifs is 5. The number of allylic oxidation sites excluding steroid dienone is 4.